The van der Waals surface area contributed by atoms with Crippen molar-refractivity contribution in [3.8, 4) is 5.75 Å². The van der Waals surface area contributed by atoms with Gasteiger partial charge in [0.25, 0.3) is 5.89 Å². The molecule has 0 amide bonds. The Kier molecular flexibility index (Phi) is 3.95. The van der Waals surface area contributed by atoms with Crippen LogP contribution in [0.25, 0.3) is 0 Å². The van der Waals surface area contributed by atoms with Crippen LogP contribution in [0.4, 0.5) is 0 Å². The third-order valence-electron chi connectivity index (χ3n) is 3.72. The molecule has 106 valence electrons. The quantitative estimate of drug-likeness (QED) is 0.836. The molecule has 1 fully saturated rings. The molecule has 2 aromatic rings. The molecule has 0 radical (unpaired) electrons. The second kappa shape index (κ2) is 6.03. The van der Waals surface area contributed by atoms with Gasteiger partial charge in [-0.1, -0.05) is 30.8 Å². The summed E-state index contributed by atoms with van der Waals surface area (Å²) in [5.74, 6) is 2.75. The average Bonchev–Trinajstić information content (AvgIpc) is 3.12. The normalized spacial score (nSPS) is 17.2. The molecule has 0 saturated heterocycles. The number of hydrogen-bond acceptors (Lipinski definition) is 5. The highest BCUT2D eigenvalue weighted by atomic mass is 16.5. The number of aromatic nitrogens is 3. The first-order valence-corrected chi connectivity index (χ1v) is 7.20. The number of nitrogens with zero attached hydrogens (tertiary/aromatic N) is 3. The van der Waals surface area contributed by atoms with E-state index in [1.807, 2.05) is 19.1 Å². The van der Waals surface area contributed by atoms with E-state index in [0.29, 0.717) is 11.6 Å². The Hall–Kier alpha value is -1.91. The maximum absolute atomic E-state index is 5.72. The van der Waals surface area contributed by atoms with E-state index in [4.69, 9.17) is 9.26 Å². The van der Waals surface area contributed by atoms with Crippen LogP contribution >= 0.6 is 0 Å². The monoisotopic (exact) mass is 273 g/mol. The Morgan fingerprint density at radius 3 is 3.00 bits per heavy atom. The van der Waals surface area contributed by atoms with Crippen LogP contribution in [0.15, 0.2) is 29.0 Å². The molecule has 20 heavy (non-hydrogen) atoms. The second-order valence-electron chi connectivity index (χ2n) is 5.35. The van der Waals surface area contributed by atoms with Gasteiger partial charge < -0.3 is 9.26 Å². The van der Waals surface area contributed by atoms with Crippen molar-refractivity contribution in [3.63, 3.8) is 0 Å². The highest BCUT2D eigenvalue weighted by Crippen LogP contribution is 2.27. The van der Waals surface area contributed by atoms with Gasteiger partial charge in [0.1, 0.15) is 5.75 Å². The van der Waals surface area contributed by atoms with Crippen molar-refractivity contribution >= 4 is 0 Å². The van der Waals surface area contributed by atoms with Crippen LogP contribution in [0.2, 0.25) is 0 Å². The van der Waals surface area contributed by atoms with Crippen LogP contribution < -0.4 is 4.74 Å². The molecule has 2 aromatic heterocycles. The van der Waals surface area contributed by atoms with Gasteiger partial charge in [0.15, 0.2) is 11.9 Å². The van der Waals surface area contributed by atoms with Gasteiger partial charge in [-0.3, -0.25) is 4.98 Å². The lowest BCUT2D eigenvalue weighted by Gasteiger charge is -2.09. The minimum absolute atomic E-state index is 0.260. The maximum atomic E-state index is 5.72. The van der Waals surface area contributed by atoms with E-state index in [9.17, 15) is 0 Å². The first kappa shape index (κ1) is 13.1. The van der Waals surface area contributed by atoms with E-state index in [-0.39, 0.29) is 6.10 Å². The van der Waals surface area contributed by atoms with Gasteiger partial charge in [0, 0.05) is 12.6 Å². The van der Waals surface area contributed by atoms with Crippen LogP contribution in [-0.2, 0) is 6.42 Å². The van der Waals surface area contributed by atoms with E-state index in [1.54, 1.807) is 12.4 Å². The smallest absolute Gasteiger partial charge is 0.267 e. The summed E-state index contributed by atoms with van der Waals surface area (Å²) in [6.45, 7) is 1.90. The fourth-order valence-corrected chi connectivity index (χ4v) is 2.66. The van der Waals surface area contributed by atoms with Gasteiger partial charge in [0.2, 0.25) is 0 Å². The zero-order valence-corrected chi connectivity index (χ0v) is 11.7. The number of hydrogen-bond donors (Lipinski definition) is 0. The minimum atomic E-state index is -0.260. The summed E-state index contributed by atoms with van der Waals surface area (Å²) in [6.07, 6.45) is 9.27. The van der Waals surface area contributed by atoms with E-state index in [1.165, 1.54) is 25.7 Å². The Morgan fingerprint density at radius 2 is 2.25 bits per heavy atom. The van der Waals surface area contributed by atoms with Gasteiger partial charge in [-0.25, -0.2) is 0 Å². The van der Waals surface area contributed by atoms with Crippen molar-refractivity contribution in [2.45, 2.75) is 45.1 Å². The van der Waals surface area contributed by atoms with E-state index in [0.717, 1.165) is 18.2 Å². The molecule has 1 unspecified atom stereocenters. The molecule has 0 aliphatic heterocycles. The van der Waals surface area contributed by atoms with E-state index >= 15 is 0 Å². The summed E-state index contributed by atoms with van der Waals surface area (Å²) >= 11 is 0. The Labute approximate surface area is 118 Å². The molecule has 3 rings (SSSR count). The van der Waals surface area contributed by atoms with Gasteiger partial charge in [0.05, 0.1) is 6.20 Å². The molecule has 1 saturated carbocycles. The Bertz CT molecular complexity index is 535. The molecule has 1 aliphatic rings. The van der Waals surface area contributed by atoms with Crippen molar-refractivity contribution in [3.05, 3.63) is 36.2 Å². The summed E-state index contributed by atoms with van der Waals surface area (Å²) in [4.78, 5) is 8.46. The maximum Gasteiger partial charge on any atom is 0.267 e. The van der Waals surface area contributed by atoms with E-state index < -0.39 is 0 Å². The summed E-state index contributed by atoms with van der Waals surface area (Å²) in [5.41, 5.74) is 0. The molecule has 0 bridgehead atoms. The van der Waals surface area contributed by atoms with Gasteiger partial charge in [-0.05, 0) is 25.0 Å². The van der Waals surface area contributed by atoms with Gasteiger partial charge >= 0.3 is 0 Å². The third-order valence-corrected chi connectivity index (χ3v) is 3.72. The van der Waals surface area contributed by atoms with E-state index in [2.05, 4.69) is 15.1 Å². The molecule has 2 heterocycles. The first-order chi connectivity index (χ1) is 9.81. The lowest BCUT2D eigenvalue weighted by molar-refractivity contribution is 0.175. The molecule has 0 spiro atoms. The lowest BCUT2D eigenvalue weighted by atomic mass is 10.0. The molecule has 0 aromatic carbocycles. The molecular formula is C15H19N3O2. The molecule has 0 N–H and O–H groups in total. The largest absolute Gasteiger partial charge is 0.479 e. The zero-order valence-electron chi connectivity index (χ0n) is 11.7. The Balaban J connectivity index is 1.60. The van der Waals surface area contributed by atoms with Crippen LogP contribution in [0.5, 0.6) is 5.75 Å². The standard InChI is InChI=1S/C15H19N3O2/c1-11(19-13-7-4-8-16-10-13)15-17-14(18-20-15)9-12-5-2-3-6-12/h4,7-8,10-12H,2-3,5-6,9H2,1H3. The van der Waals surface area contributed by atoms with Crippen molar-refractivity contribution in [2.75, 3.05) is 0 Å². The van der Waals surface area contributed by atoms with Crippen LogP contribution in [-0.4, -0.2) is 15.1 Å². The zero-order chi connectivity index (χ0) is 13.8. The minimum Gasteiger partial charge on any atom is -0.479 e. The van der Waals surface area contributed by atoms with Gasteiger partial charge in [-0.2, -0.15) is 4.98 Å². The molecule has 5 heteroatoms. The van der Waals surface area contributed by atoms with Crippen molar-refractivity contribution in [1.82, 2.24) is 15.1 Å². The second-order valence-corrected chi connectivity index (χ2v) is 5.35. The van der Waals surface area contributed by atoms with Crippen molar-refractivity contribution in [1.29, 1.82) is 0 Å². The number of pyridine rings is 1. The molecular weight excluding hydrogens is 254 g/mol. The molecule has 5 nitrogen and oxygen atoms in total. The van der Waals surface area contributed by atoms with Crippen LogP contribution in [0, 0.1) is 5.92 Å². The Morgan fingerprint density at radius 1 is 1.40 bits per heavy atom. The topological polar surface area (TPSA) is 61.0 Å². The van der Waals surface area contributed by atoms with Crippen LogP contribution in [0.1, 0.15) is 50.4 Å². The predicted octanol–water partition coefficient (Wildman–Crippen LogP) is 3.34. The first-order valence-electron chi connectivity index (χ1n) is 7.20. The van der Waals surface area contributed by atoms with Crippen molar-refractivity contribution < 1.29 is 9.26 Å². The lowest BCUT2D eigenvalue weighted by Crippen LogP contribution is -2.05. The fourth-order valence-electron chi connectivity index (χ4n) is 2.66. The number of ether oxygens (including phenoxy) is 1. The molecule has 1 aliphatic carbocycles. The summed E-state index contributed by atoms with van der Waals surface area (Å²) in [5, 5.41) is 4.06. The summed E-state index contributed by atoms with van der Waals surface area (Å²) < 4.78 is 11.0. The van der Waals surface area contributed by atoms with Crippen LogP contribution in [0.3, 0.4) is 0 Å². The summed E-state index contributed by atoms with van der Waals surface area (Å²) in [7, 11) is 0. The fraction of sp³-hybridized carbons (Fsp3) is 0.533. The highest BCUT2D eigenvalue weighted by Gasteiger charge is 2.20. The van der Waals surface area contributed by atoms with Crippen molar-refractivity contribution in [2.24, 2.45) is 5.92 Å². The third kappa shape index (κ3) is 3.15. The summed E-state index contributed by atoms with van der Waals surface area (Å²) in [6, 6.07) is 3.70. The average molecular weight is 273 g/mol. The molecule has 1 atom stereocenters. The number of rotatable bonds is 5. The SMILES string of the molecule is CC(Oc1cccnc1)c1nc(CC2CCCC2)no1. The highest BCUT2D eigenvalue weighted by molar-refractivity contribution is 5.16. The predicted molar refractivity (Wildman–Crippen MR) is 73.2 cm³/mol. The van der Waals surface area contributed by atoms with Gasteiger partial charge in [-0.15, -0.1) is 0 Å².